The number of carboxylic acids is 4. The summed E-state index contributed by atoms with van der Waals surface area (Å²) >= 11 is 0. The van der Waals surface area contributed by atoms with E-state index in [4.69, 9.17) is 20.4 Å². The van der Waals surface area contributed by atoms with Crippen LogP contribution in [0, 0.1) is 0 Å². The van der Waals surface area contributed by atoms with Crippen molar-refractivity contribution in [3.63, 3.8) is 0 Å². The molecule has 0 saturated carbocycles. The van der Waals surface area contributed by atoms with E-state index in [1.54, 1.807) is 0 Å². The topological polar surface area (TPSA) is 184 Å². The molecular weight excluding hydrogens is 284 g/mol. The second-order valence-electron chi connectivity index (χ2n) is 2.57. The van der Waals surface area contributed by atoms with Gasteiger partial charge in [0.15, 0.2) is 0 Å². The molecule has 19 heavy (non-hydrogen) atoms. The van der Waals surface area contributed by atoms with Crippen molar-refractivity contribution in [3.8, 4) is 0 Å². The Hall–Kier alpha value is -0.160. The van der Waals surface area contributed by atoms with Gasteiger partial charge < -0.3 is 26.6 Å². The van der Waals surface area contributed by atoms with Gasteiger partial charge in [-0.3, -0.25) is 19.2 Å². The third-order valence-electron chi connectivity index (χ3n) is 1.11. The summed E-state index contributed by atoms with van der Waals surface area (Å²) in [7, 11) is 0. The van der Waals surface area contributed by atoms with Crippen LogP contribution in [-0.4, -0.2) is 44.3 Å². The predicted molar refractivity (Wildman–Crippen MR) is 54.0 cm³/mol. The molecule has 0 saturated heterocycles. The van der Waals surface area contributed by atoms with Crippen molar-refractivity contribution < 1.29 is 98.7 Å². The zero-order valence-corrected chi connectivity index (χ0v) is 15.0. The van der Waals surface area contributed by atoms with Crippen molar-refractivity contribution in [3.05, 3.63) is 0 Å². The van der Waals surface area contributed by atoms with E-state index in [0.717, 1.165) is 0 Å². The predicted octanol–water partition coefficient (Wildman–Crippen LogP) is -5.96. The number of carbonyl (C=O) groups is 4. The summed E-state index contributed by atoms with van der Waals surface area (Å²) in [5.41, 5.74) is 0. The molecule has 0 unspecified atom stereocenters. The normalized spacial score (nSPS) is 7.16. The number of rotatable bonds is 6. The van der Waals surface area contributed by atoms with Gasteiger partial charge >= 0.3 is 83.0 Å². The molecule has 0 amide bonds. The maximum Gasteiger partial charge on any atom is 1.00 e. The van der Waals surface area contributed by atoms with Gasteiger partial charge in [0.1, 0.15) is 0 Å². The monoisotopic (exact) mass is 299 g/mol. The molecule has 0 aromatic carbocycles. The average Bonchev–Trinajstić information content (AvgIpc) is 2.12. The Balaban J connectivity index is -0.0000000594. The van der Waals surface area contributed by atoms with E-state index in [9.17, 15) is 19.2 Å². The summed E-state index contributed by atoms with van der Waals surface area (Å²) in [5.74, 6) is -4.31. The van der Waals surface area contributed by atoms with Crippen molar-refractivity contribution in [2.75, 3.05) is 0 Å². The van der Waals surface area contributed by atoms with Gasteiger partial charge in [0, 0.05) is 0 Å². The molecule has 0 aromatic rings. The third-order valence-corrected chi connectivity index (χ3v) is 1.11. The fourth-order valence-electron chi connectivity index (χ4n) is 0.428. The molecule has 0 heterocycles. The van der Waals surface area contributed by atoms with Crippen molar-refractivity contribution >= 4 is 23.9 Å². The summed E-state index contributed by atoms with van der Waals surface area (Å²) in [4.78, 5) is 38.6. The van der Waals surface area contributed by atoms with E-state index in [1.165, 1.54) is 0 Å². The van der Waals surface area contributed by atoms with Gasteiger partial charge in [-0.25, -0.2) is 0 Å². The van der Waals surface area contributed by atoms with Crippen molar-refractivity contribution in [2.45, 2.75) is 25.7 Å². The first-order valence-electron chi connectivity index (χ1n) is 4.13. The quantitative estimate of drug-likeness (QED) is 0.298. The molecule has 7 N–H and O–H groups in total. The molecule has 0 fully saturated rings. The SMILES string of the molecule is N.O=C(O)CCC(=O)O.O=C(O)CCC(=O)O.[Na+].[Na+]. The molecule has 0 bridgehead atoms. The standard InChI is InChI=1S/2C4H6O4.H3N.2Na/c2*5-3(6)1-2-4(7)8;;;/h2*1-2H2,(H,5,6)(H,7,8);1H3;;/q;;;2*+1. The van der Waals surface area contributed by atoms with E-state index >= 15 is 0 Å². The van der Waals surface area contributed by atoms with Crippen LogP contribution in [-0.2, 0) is 19.2 Å². The van der Waals surface area contributed by atoms with Gasteiger partial charge in [-0.2, -0.15) is 0 Å². The smallest absolute Gasteiger partial charge is 0.481 e. The minimum absolute atomic E-state index is 0. The molecule has 0 aliphatic rings. The zero-order valence-electron chi connectivity index (χ0n) is 11.0. The Morgan fingerprint density at radius 3 is 0.684 bits per heavy atom. The molecule has 0 aromatic heterocycles. The van der Waals surface area contributed by atoms with Crippen molar-refractivity contribution in [2.24, 2.45) is 0 Å². The van der Waals surface area contributed by atoms with Crippen molar-refractivity contribution in [1.82, 2.24) is 6.15 Å². The Bertz CT molecular complexity index is 228. The first kappa shape index (κ1) is 31.3. The van der Waals surface area contributed by atoms with Crippen LogP contribution in [0.5, 0.6) is 0 Å². The Kier molecular flexibility index (Phi) is 33.2. The second kappa shape index (κ2) is 20.2. The Morgan fingerprint density at radius 1 is 0.526 bits per heavy atom. The molecule has 0 rings (SSSR count). The fraction of sp³-hybridized carbons (Fsp3) is 0.500. The molecular formula is C8H15NNa2O8+2. The van der Waals surface area contributed by atoms with Crippen LogP contribution in [0.25, 0.3) is 0 Å². The average molecular weight is 299 g/mol. The molecule has 0 aliphatic carbocycles. The number of carboxylic acid groups (broad SMARTS) is 4. The summed E-state index contributed by atoms with van der Waals surface area (Å²) < 4.78 is 0. The first-order chi connectivity index (χ1) is 7.25. The summed E-state index contributed by atoms with van der Waals surface area (Å²) in [6.45, 7) is 0. The number of aliphatic carboxylic acids is 4. The molecule has 9 nitrogen and oxygen atoms in total. The van der Waals surface area contributed by atoms with Crippen LogP contribution in [0.2, 0.25) is 0 Å². The van der Waals surface area contributed by atoms with Crippen LogP contribution < -0.4 is 65.3 Å². The van der Waals surface area contributed by atoms with E-state index < -0.39 is 23.9 Å². The molecule has 100 valence electrons. The van der Waals surface area contributed by atoms with Gasteiger partial charge in [-0.1, -0.05) is 0 Å². The van der Waals surface area contributed by atoms with Crippen LogP contribution in [0.3, 0.4) is 0 Å². The fourth-order valence-corrected chi connectivity index (χ4v) is 0.428. The third kappa shape index (κ3) is 46.2. The van der Waals surface area contributed by atoms with E-state index in [2.05, 4.69) is 0 Å². The van der Waals surface area contributed by atoms with E-state index in [1.807, 2.05) is 0 Å². The van der Waals surface area contributed by atoms with Gasteiger partial charge in [-0.05, 0) is 0 Å². The van der Waals surface area contributed by atoms with Gasteiger partial charge in [0.05, 0.1) is 25.7 Å². The Morgan fingerprint density at radius 2 is 0.632 bits per heavy atom. The minimum Gasteiger partial charge on any atom is -0.481 e. The minimum atomic E-state index is -1.08. The first-order valence-corrected chi connectivity index (χ1v) is 4.13. The van der Waals surface area contributed by atoms with Crippen molar-refractivity contribution in [1.29, 1.82) is 0 Å². The van der Waals surface area contributed by atoms with E-state index in [0.29, 0.717) is 0 Å². The zero-order chi connectivity index (χ0) is 13.1. The summed E-state index contributed by atoms with van der Waals surface area (Å²) in [5, 5.41) is 31.6. The molecule has 0 radical (unpaired) electrons. The van der Waals surface area contributed by atoms with Crippen LogP contribution in [0.1, 0.15) is 25.7 Å². The van der Waals surface area contributed by atoms with E-state index in [-0.39, 0.29) is 90.9 Å². The van der Waals surface area contributed by atoms with Crippen LogP contribution in [0.4, 0.5) is 0 Å². The summed E-state index contributed by atoms with van der Waals surface area (Å²) in [6, 6.07) is 0. The molecule has 0 spiro atoms. The van der Waals surface area contributed by atoms with Crippen LogP contribution in [0.15, 0.2) is 0 Å². The summed E-state index contributed by atoms with van der Waals surface area (Å²) in [6.07, 6.45) is -1.19. The second-order valence-corrected chi connectivity index (χ2v) is 2.57. The number of hydrogen-bond acceptors (Lipinski definition) is 5. The van der Waals surface area contributed by atoms with Crippen LogP contribution >= 0.6 is 0 Å². The van der Waals surface area contributed by atoms with Gasteiger partial charge in [0.2, 0.25) is 0 Å². The van der Waals surface area contributed by atoms with Gasteiger partial charge in [0.25, 0.3) is 0 Å². The Labute approximate surface area is 153 Å². The van der Waals surface area contributed by atoms with Gasteiger partial charge in [-0.15, -0.1) is 0 Å². The molecule has 0 atom stereocenters. The largest absolute Gasteiger partial charge is 1.00 e. The molecule has 0 aliphatic heterocycles. The maximum atomic E-state index is 9.64. The molecule has 11 heteroatoms. The maximum absolute atomic E-state index is 9.64. The number of hydrogen-bond donors (Lipinski definition) is 5.